The van der Waals surface area contributed by atoms with Crippen LogP contribution in [0.15, 0.2) is 24.3 Å². The van der Waals surface area contributed by atoms with E-state index >= 15 is 0 Å². The van der Waals surface area contributed by atoms with E-state index in [1.165, 1.54) is 13.2 Å². The molecule has 0 saturated heterocycles. The van der Waals surface area contributed by atoms with Crippen molar-refractivity contribution in [2.24, 2.45) is 0 Å². The number of H-pyrrole nitrogens is 1. The van der Waals surface area contributed by atoms with Crippen LogP contribution in [0.5, 0.6) is 0 Å². The Balaban J connectivity index is 2.42. The summed E-state index contributed by atoms with van der Waals surface area (Å²) >= 11 is 5.91. The minimum atomic E-state index is -0.450. The van der Waals surface area contributed by atoms with E-state index in [-0.39, 0.29) is 0 Å². The maximum atomic E-state index is 11.1. The molecule has 0 aliphatic carbocycles. The van der Waals surface area contributed by atoms with Gasteiger partial charge in [0.15, 0.2) is 0 Å². The molecule has 0 saturated carbocycles. The first-order valence-electron chi connectivity index (χ1n) is 5.00. The molecule has 0 unspecified atom stereocenters. The van der Waals surface area contributed by atoms with Crippen LogP contribution in [0.25, 0.3) is 17.5 Å². The molecule has 7 heteroatoms. The molecular weight excluding hydrogens is 256 g/mol. The van der Waals surface area contributed by atoms with E-state index in [0.29, 0.717) is 22.0 Å². The SMILES string of the molecule is COC(=O)/C=C/c1cc(Cl)ccc1-c1nn[nH]n1. The number of esters is 1. The van der Waals surface area contributed by atoms with Gasteiger partial charge in [-0.05, 0) is 35.1 Å². The minimum absolute atomic E-state index is 0.427. The summed E-state index contributed by atoms with van der Waals surface area (Å²) in [5.41, 5.74) is 1.42. The molecule has 0 bridgehead atoms. The van der Waals surface area contributed by atoms with Crippen LogP contribution in [-0.2, 0) is 9.53 Å². The van der Waals surface area contributed by atoms with Gasteiger partial charge in [-0.2, -0.15) is 5.21 Å². The van der Waals surface area contributed by atoms with E-state index < -0.39 is 5.97 Å². The van der Waals surface area contributed by atoms with E-state index in [1.54, 1.807) is 24.3 Å². The number of aromatic amines is 1. The Hall–Kier alpha value is -2.21. The smallest absolute Gasteiger partial charge is 0.330 e. The number of aromatic nitrogens is 4. The monoisotopic (exact) mass is 264 g/mol. The third-order valence-corrected chi connectivity index (χ3v) is 2.44. The molecule has 0 aliphatic rings. The summed E-state index contributed by atoms with van der Waals surface area (Å²) in [5, 5.41) is 14.2. The fourth-order valence-corrected chi connectivity index (χ4v) is 1.56. The summed E-state index contributed by atoms with van der Waals surface area (Å²) in [6, 6.07) is 5.17. The van der Waals surface area contributed by atoms with Crippen LogP contribution in [0.4, 0.5) is 0 Å². The minimum Gasteiger partial charge on any atom is -0.466 e. The molecule has 0 amide bonds. The normalized spacial score (nSPS) is 10.8. The highest BCUT2D eigenvalue weighted by molar-refractivity contribution is 6.30. The highest BCUT2D eigenvalue weighted by Crippen LogP contribution is 2.24. The average Bonchev–Trinajstić information content (AvgIpc) is 2.89. The molecule has 1 aromatic carbocycles. The first-order chi connectivity index (χ1) is 8.70. The predicted octanol–water partition coefficient (Wildman–Crippen LogP) is 1.71. The van der Waals surface area contributed by atoms with Gasteiger partial charge in [0.2, 0.25) is 5.82 Å². The Morgan fingerprint density at radius 2 is 2.33 bits per heavy atom. The van der Waals surface area contributed by atoms with Crippen LogP contribution in [-0.4, -0.2) is 33.7 Å². The molecule has 0 radical (unpaired) electrons. The highest BCUT2D eigenvalue weighted by atomic mass is 35.5. The maximum Gasteiger partial charge on any atom is 0.330 e. The molecular formula is C11H9ClN4O2. The molecule has 1 heterocycles. The summed E-state index contributed by atoms with van der Waals surface area (Å²) in [7, 11) is 1.31. The van der Waals surface area contributed by atoms with Crippen LogP contribution in [0.3, 0.4) is 0 Å². The number of rotatable bonds is 3. The lowest BCUT2D eigenvalue weighted by Gasteiger charge is -2.02. The second kappa shape index (κ2) is 5.42. The van der Waals surface area contributed by atoms with E-state index in [4.69, 9.17) is 11.6 Å². The molecule has 1 aromatic heterocycles. The number of nitrogens with zero attached hydrogens (tertiary/aromatic N) is 3. The lowest BCUT2D eigenvalue weighted by Crippen LogP contribution is -1.94. The molecule has 6 nitrogen and oxygen atoms in total. The van der Waals surface area contributed by atoms with Gasteiger partial charge in [-0.15, -0.1) is 10.2 Å². The number of carbonyl (C=O) groups excluding carboxylic acids is 1. The fraction of sp³-hybridized carbons (Fsp3) is 0.0909. The van der Waals surface area contributed by atoms with Gasteiger partial charge in [-0.25, -0.2) is 4.79 Å². The lowest BCUT2D eigenvalue weighted by atomic mass is 10.1. The molecule has 0 spiro atoms. The van der Waals surface area contributed by atoms with Crippen molar-refractivity contribution in [1.29, 1.82) is 0 Å². The molecule has 2 aromatic rings. The summed E-state index contributed by atoms with van der Waals surface area (Å²) < 4.78 is 4.52. The Labute approximate surface area is 108 Å². The molecule has 0 fully saturated rings. The highest BCUT2D eigenvalue weighted by Gasteiger charge is 2.08. The van der Waals surface area contributed by atoms with Gasteiger partial charge in [0.05, 0.1) is 7.11 Å². The van der Waals surface area contributed by atoms with Gasteiger partial charge < -0.3 is 4.74 Å². The van der Waals surface area contributed by atoms with Crippen molar-refractivity contribution in [3.63, 3.8) is 0 Å². The molecule has 0 atom stereocenters. The average molecular weight is 265 g/mol. The van der Waals surface area contributed by atoms with Gasteiger partial charge in [0.25, 0.3) is 0 Å². The Kier molecular flexibility index (Phi) is 3.69. The van der Waals surface area contributed by atoms with E-state index in [1.807, 2.05) is 0 Å². The van der Waals surface area contributed by atoms with Gasteiger partial charge in [0.1, 0.15) is 0 Å². The quantitative estimate of drug-likeness (QED) is 0.674. The topological polar surface area (TPSA) is 80.8 Å². The maximum absolute atomic E-state index is 11.1. The number of methoxy groups -OCH3 is 1. The molecule has 18 heavy (non-hydrogen) atoms. The summed E-state index contributed by atoms with van der Waals surface area (Å²) in [6.45, 7) is 0. The number of hydrogen-bond donors (Lipinski definition) is 1. The number of benzene rings is 1. The first kappa shape index (κ1) is 12.3. The zero-order valence-corrected chi connectivity index (χ0v) is 10.2. The number of carbonyl (C=O) groups is 1. The van der Waals surface area contributed by atoms with Crippen LogP contribution >= 0.6 is 11.6 Å². The number of hydrogen-bond acceptors (Lipinski definition) is 5. The Morgan fingerprint density at radius 3 is 3.00 bits per heavy atom. The summed E-state index contributed by atoms with van der Waals surface area (Å²) in [4.78, 5) is 11.1. The van der Waals surface area contributed by atoms with Gasteiger partial charge in [0, 0.05) is 16.7 Å². The van der Waals surface area contributed by atoms with Crippen LogP contribution in [0, 0.1) is 0 Å². The summed E-state index contributed by atoms with van der Waals surface area (Å²) in [5.74, 6) is -0.0229. The lowest BCUT2D eigenvalue weighted by molar-refractivity contribution is -0.134. The Morgan fingerprint density at radius 1 is 1.50 bits per heavy atom. The van der Waals surface area contributed by atoms with Crippen LogP contribution in [0.1, 0.15) is 5.56 Å². The van der Waals surface area contributed by atoms with Crippen molar-refractivity contribution < 1.29 is 9.53 Å². The number of ether oxygens (including phenoxy) is 1. The number of tetrazole rings is 1. The zero-order valence-electron chi connectivity index (χ0n) is 9.42. The zero-order chi connectivity index (χ0) is 13.0. The van der Waals surface area contributed by atoms with Crippen molar-refractivity contribution in [2.75, 3.05) is 7.11 Å². The third kappa shape index (κ3) is 2.72. The third-order valence-electron chi connectivity index (χ3n) is 2.20. The molecule has 92 valence electrons. The standard InChI is InChI=1S/C11H9ClN4O2/c1-18-10(17)5-2-7-6-8(12)3-4-9(7)11-13-15-16-14-11/h2-6H,1H3,(H,13,14,15,16)/b5-2+. The largest absolute Gasteiger partial charge is 0.466 e. The summed E-state index contributed by atoms with van der Waals surface area (Å²) in [6.07, 6.45) is 2.89. The van der Waals surface area contributed by atoms with Gasteiger partial charge in [-0.1, -0.05) is 11.6 Å². The Bertz CT molecular complexity index is 581. The fourth-order valence-electron chi connectivity index (χ4n) is 1.38. The van der Waals surface area contributed by atoms with Crippen molar-refractivity contribution in [2.45, 2.75) is 0 Å². The number of halogens is 1. The molecule has 1 N–H and O–H groups in total. The van der Waals surface area contributed by atoms with Gasteiger partial charge in [-0.3, -0.25) is 0 Å². The molecule has 0 aliphatic heterocycles. The van der Waals surface area contributed by atoms with Crippen molar-refractivity contribution in [1.82, 2.24) is 20.6 Å². The second-order valence-electron chi connectivity index (χ2n) is 3.32. The number of nitrogens with one attached hydrogen (secondary N) is 1. The van der Waals surface area contributed by atoms with E-state index in [9.17, 15) is 4.79 Å². The first-order valence-corrected chi connectivity index (χ1v) is 5.38. The van der Waals surface area contributed by atoms with E-state index in [0.717, 1.165) is 0 Å². The van der Waals surface area contributed by atoms with Crippen LogP contribution < -0.4 is 0 Å². The predicted molar refractivity (Wildman–Crippen MR) is 65.7 cm³/mol. The second-order valence-corrected chi connectivity index (χ2v) is 3.76. The van der Waals surface area contributed by atoms with Crippen LogP contribution in [0.2, 0.25) is 5.02 Å². The van der Waals surface area contributed by atoms with Crippen molar-refractivity contribution >= 4 is 23.6 Å². The van der Waals surface area contributed by atoms with E-state index in [2.05, 4.69) is 25.4 Å². The van der Waals surface area contributed by atoms with Gasteiger partial charge >= 0.3 is 5.97 Å². The van der Waals surface area contributed by atoms with Crippen molar-refractivity contribution in [3.05, 3.63) is 34.9 Å². The van der Waals surface area contributed by atoms with Crippen molar-refractivity contribution in [3.8, 4) is 11.4 Å². The molecule has 2 rings (SSSR count).